The van der Waals surface area contributed by atoms with E-state index in [0.29, 0.717) is 35.0 Å². The van der Waals surface area contributed by atoms with Gasteiger partial charge in [0.15, 0.2) is 11.5 Å². The molecule has 1 unspecified atom stereocenters. The van der Waals surface area contributed by atoms with Gasteiger partial charge in [0, 0.05) is 43.0 Å². The SMILES string of the molecule is CC(C)(C)ON1CCCC(c2ccc(Nc3ncc(C(F)(F)F)c(NCc4cccc5c4C(C)(C)C(=O)N5)n3)c3c2OCO3)C1. The highest BCUT2D eigenvalue weighted by Crippen LogP contribution is 2.47. The number of fused-ring (bicyclic) bond motifs is 2. The molecular formula is C32H37F3N6O4. The molecule has 6 rings (SSSR count). The zero-order valence-electron chi connectivity index (χ0n) is 25.9. The lowest BCUT2D eigenvalue weighted by Gasteiger charge is -2.36. The molecule has 1 fully saturated rings. The topological polar surface area (TPSA) is 110 Å². The van der Waals surface area contributed by atoms with Gasteiger partial charge in [-0.25, -0.2) is 4.98 Å². The number of piperidine rings is 1. The van der Waals surface area contributed by atoms with Crippen molar-refractivity contribution in [3.05, 3.63) is 58.8 Å². The second-order valence-corrected chi connectivity index (χ2v) is 13.0. The highest BCUT2D eigenvalue weighted by Gasteiger charge is 2.40. The molecule has 4 heterocycles. The molecule has 13 heteroatoms. The van der Waals surface area contributed by atoms with Gasteiger partial charge in [-0.2, -0.15) is 23.2 Å². The average molecular weight is 627 g/mol. The first kappa shape index (κ1) is 30.9. The Hall–Kier alpha value is -4.10. The molecule has 0 spiro atoms. The molecule has 3 aliphatic heterocycles. The van der Waals surface area contributed by atoms with Crippen LogP contribution >= 0.6 is 0 Å². The van der Waals surface area contributed by atoms with Crippen molar-refractivity contribution in [2.45, 2.75) is 77.1 Å². The monoisotopic (exact) mass is 626 g/mol. The van der Waals surface area contributed by atoms with Crippen molar-refractivity contribution in [2.75, 3.05) is 35.8 Å². The molecule has 1 atom stereocenters. The smallest absolute Gasteiger partial charge is 0.421 e. The molecule has 0 bridgehead atoms. The maximum atomic E-state index is 14.0. The number of hydrogen-bond donors (Lipinski definition) is 3. The largest absolute Gasteiger partial charge is 0.453 e. The minimum atomic E-state index is -4.69. The van der Waals surface area contributed by atoms with Crippen LogP contribution in [0.25, 0.3) is 0 Å². The van der Waals surface area contributed by atoms with Crippen molar-refractivity contribution in [2.24, 2.45) is 0 Å². The third-order valence-corrected chi connectivity index (χ3v) is 8.15. The van der Waals surface area contributed by atoms with Gasteiger partial charge in [-0.05, 0) is 70.7 Å². The molecular weight excluding hydrogens is 589 g/mol. The van der Waals surface area contributed by atoms with E-state index >= 15 is 0 Å². The third kappa shape index (κ3) is 6.23. The number of nitrogens with zero attached hydrogens (tertiary/aromatic N) is 3. The van der Waals surface area contributed by atoms with Gasteiger partial charge in [-0.1, -0.05) is 18.2 Å². The van der Waals surface area contributed by atoms with Gasteiger partial charge in [0.2, 0.25) is 18.6 Å². The molecule has 1 aromatic heterocycles. The van der Waals surface area contributed by atoms with Crippen LogP contribution in [0.2, 0.25) is 0 Å². The van der Waals surface area contributed by atoms with Crippen molar-refractivity contribution >= 4 is 29.0 Å². The van der Waals surface area contributed by atoms with Crippen LogP contribution in [-0.2, 0) is 27.8 Å². The number of anilines is 4. The highest BCUT2D eigenvalue weighted by atomic mass is 19.4. The number of rotatable bonds is 7. The van der Waals surface area contributed by atoms with E-state index < -0.39 is 17.2 Å². The Bertz CT molecular complexity index is 1620. The van der Waals surface area contributed by atoms with E-state index in [2.05, 4.69) is 25.9 Å². The molecule has 0 aliphatic carbocycles. The average Bonchev–Trinajstić information content (AvgIpc) is 3.54. The number of amides is 1. The molecule has 2 aromatic carbocycles. The molecule has 0 saturated carbocycles. The molecule has 10 nitrogen and oxygen atoms in total. The summed E-state index contributed by atoms with van der Waals surface area (Å²) in [5.41, 5.74) is 1.39. The number of nitrogens with one attached hydrogen (secondary N) is 3. The third-order valence-electron chi connectivity index (χ3n) is 8.15. The van der Waals surface area contributed by atoms with Crippen LogP contribution in [0.4, 0.5) is 36.3 Å². The van der Waals surface area contributed by atoms with E-state index in [1.165, 1.54) is 0 Å². The van der Waals surface area contributed by atoms with Crippen molar-refractivity contribution in [3.63, 3.8) is 0 Å². The summed E-state index contributed by atoms with van der Waals surface area (Å²) >= 11 is 0. The quantitative estimate of drug-likeness (QED) is 0.263. The van der Waals surface area contributed by atoms with Crippen LogP contribution < -0.4 is 25.4 Å². The van der Waals surface area contributed by atoms with Gasteiger partial charge in [0.1, 0.15) is 11.4 Å². The number of hydroxylamine groups is 2. The van der Waals surface area contributed by atoms with Crippen molar-refractivity contribution in [1.82, 2.24) is 15.0 Å². The Morgan fingerprint density at radius 2 is 1.91 bits per heavy atom. The van der Waals surface area contributed by atoms with Crippen molar-refractivity contribution in [3.8, 4) is 11.5 Å². The summed E-state index contributed by atoms with van der Waals surface area (Å²) in [6, 6.07) is 9.06. The summed E-state index contributed by atoms with van der Waals surface area (Å²) in [4.78, 5) is 26.8. The second-order valence-electron chi connectivity index (χ2n) is 13.0. The Labute approximate surface area is 259 Å². The van der Waals surface area contributed by atoms with Crippen LogP contribution in [0.3, 0.4) is 0 Å². The van der Waals surface area contributed by atoms with Gasteiger partial charge in [0.05, 0.1) is 16.7 Å². The fourth-order valence-corrected chi connectivity index (χ4v) is 6.17. The molecule has 1 saturated heterocycles. The van der Waals surface area contributed by atoms with E-state index in [1.807, 2.05) is 31.9 Å². The van der Waals surface area contributed by atoms with Crippen molar-refractivity contribution in [1.29, 1.82) is 0 Å². The Balaban J connectivity index is 1.25. The zero-order chi connectivity index (χ0) is 32.1. The lowest BCUT2D eigenvalue weighted by atomic mass is 9.83. The Morgan fingerprint density at radius 3 is 2.67 bits per heavy atom. The lowest BCUT2D eigenvalue weighted by Crippen LogP contribution is -2.40. The molecule has 45 heavy (non-hydrogen) atoms. The number of halogens is 3. The fourth-order valence-electron chi connectivity index (χ4n) is 6.17. The van der Waals surface area contributed by atoms with E-state index in [4.69, 9.17) is 14.3 Å². The maximum absolute atomic E-state index is 14.0. The van der Waals surface area contributed by atoms with E-state index in [9.17, 15) is 18.0 Å². The van der Waals surface area contributed by atoms with Crippen molar-refractivity contribution < 1.29 is 32.3 Å². The first-order chi connectivity index (χ1) is 21.2. The highest BCUT2D eigenvalue weighted by molar-refractivity contribution is 6.06. The van der Waals surface area contributed by atoms with Crippen LogP contribution in [0.15, 0.2) is 36.5 Å². The van der Waals surface area contributed by atoms with E-state index in [0.717, 1.165) is 36.7 Å². The summed E-state index contributed by atoms with van der Waals surface area (Å²) in [6.45, 7) is 11.2. The fraction of sp³-hybridized carbons (Fsp3) is 0.469. The molecule has 0 radical (unpaired) electrons. The zero-order valence-corrected chi connectivity index (χ0v) is 25.9. The number of carbonyl (C=O) groups excluding carboxylic acids is 1. The molecule has 3 N–H and O–H groups in total. The summed E-state index contributed by atoms with van der Waals surface area (Å²) in [7, 11) is 0. The molecule has 1 amide bonds. The Morgan fingerprint density at radius 1 is 1.13 bits per heavy atom. The number of ether oxygens (including phenoxy) is 2. The standard InChI is InChI=1S/C32H37F3N6O4/c1-30(2,3)45-41-13-7-9-19(16-41)20-11-12-23(26-25(20)43-17-44-26)39-29-37-15-21(32(33,34)35)27(40-29)36-14-18-8-6-10-22-24(18)31(4,5)28(42)38-22/h6,8,10-12,15,19H,7,9,13-14,16-17H2,1-5H3,(H,38,42)(H2,36,37,39,40). The van der Waals surface area contributed by atoms with E-state index in [1.54, 1.807) is 38.1 Å². The van der Waals surface area contributed by atoms with Crippen LogP contribution in [0.1, 0.15) is 75.6 Å². The minimum Gasteiger partial charge on any atom is -0.453 e. The van der Waals surface area contributed by atoms with Gasteiger partial charge in [-0.15, -0.1) is 0 Å². The van der Waals surface area contributed by atoms with Gasteiger partial charge in [-0.3, -0.25) is 9.63 Å². The number of benzene rings is 2. The molecule has 240 valence electrons. The number of aromatic nitrogens is 2. The van der Waals surface area contributed by atoms with E-state index in [-0.39, 0.29) is 42.5 Å². The lowest BCUT2D eigenvalue weighted by molar-refractivity contribution is -0.237. The number of hydrogen-bond acceptors (Lipinski definition) is 9. The van der Waals surface area contributed by atoms with Gasteiger partial charge >= 0.3 is 6.18 Å². The first-order valence-electron chi connectivity index (χ1n) is 15.0. The predicted molar refractivity (Wildman–Crippen MR) is 163 cm³/mol. The van der Waals surface area contributed by atoms with Gasteiger partial charge in [0.25, 0.3) is 0 Å². The van der Waals surface area contributed by atoms with Crippen LogP contribution in [-0.4, -0.2) is 46.4 Å². The first-order valence-corrected chi connectivity index (χ1v) is 15.0. The summed E-state index contributed by atoms with van der Waals surface area (Å²) in [5, 5.41) is 10.7. The summed E-state index contributed by atoms with van der Waals surface area (Å²) in [6.07, 6.45) is -2.03. The number of alkyl halides is 3. The maximum Gasteiger partial charge on any atom is 0.421 e. The normalized spacial score (nSPS) is 19.3. The van der Waals surface area contributed by atoms with Gasteiger partial charge < -0.3 is 25.4 Å². The molecule has 3 aromatic rings. The molecule has 3 aliphatic rings. The van der Waals surface area contributed by atoms with Crippen LogP contribution in [0, 0.1) is 0 Å². The summed E-state index contributed by atoms with van der Waals surface area (Å²) in [5.74, 6) is 0.597. The second kappa shape index (κ2) is 11.4. The minimum absolute atomic E-state index is 0.0134. The predicted octanol–water partition coefficient (Wildman–Crippen LogP) is 6.72. The van der Waals surface area contributed by atoms with Crippen LogP contribution in [0.5, 0.6) is 11.5 Å². The summed E-state index contributed by atoms with van der Waals surface area (Å²) < 4.78 is 53.7. The Kier molecular flexibility index (Phi) is 7.80. The number of carbonyl (C=O) groups is 1.